The van der Waals surface area contributed by atoms with Gasteiger partial charge in [0.25, 0.3) is 0 Å². The standard InChI is InChI=1S/C26H30N4O2/c1-29-13-9-21(10-14-29)30(2)17-22-16-24(18-7-11-27-12-8-18)26(32-22)20-3-5-23-19(15-20)4-6-25(23)28-31/h3,5,7-8,11-12,15-16,21,31H,4,6,9-10,13-14,17H2,1-2H3/b28-25+. The summed E-state index contributed by atoms with van der Waals surface area (Å²) in [6.07, 6.45) is 7.69. The van der Waals surface area contributed by atoms with Crippen molar-refractivity contribution < 1.29 is 9.62 Å². The first-order valence-electron chi connectivity index (χ1n) is 11.4. The normalized spacial score (nSPS) is 18.5. The van der Waals surface area contributed by atoms with E-state index in [4.69, 9.17) is 4.42 Å². The molecule has 3 heterocycles. The average Bonchev–Trinajstić information content (AvgIpc) is 3.43. The number of aryl methyl sites for hydroxylation is 1. The summed E-state index contributed by atoms with van der Waals surface area (Å²) in [6, 6.07) is 13.1. The molecule has 1 saturated heterocycles. The highest BCUT2D eigenvalue weighted by Crippen LogP contribution is 2.37. The lowest BCUT2D eigenvalue weighted by molar-refractivity contribution is 0.133. The maximum atomic E-state index is 9.26. The van der Waals surface area contributed by atoms with Crippen LogP contribution in [0.5, 0.6) is 0 Å². The summed E-state index contributed by atoms with van der Waals surface area (Å²) in [5.41, 5.74) is 6.26. The molecule has 1 aliphatic carbocycles. The Morgan fingerprint density at radius 3 is 2.59 bits per heavy atom. The summed E-state index contributed by atoms with van der Waals surface area (Å²) >= 11 is 0. The van der Waals surface area contributed by atoms with Gasteiger partial charge >= 0.3 is 0 Å². The molecular weight excluding hydrogens is 400 g/mol. The zero-order valence-corrected chi connectivity index (χ0v) is 18.8. The topological polar surface area (TPSA) is 65.1 Å². The molecule has 0 bridgehead atoms. The number of fused-ring (bicyclic) bond motifs is 1. The molecule has 3 aromatic rings. The Labute approximate surface area is 189 Å². The summed E-state index contributed by atoms with van der Waals surface area (Å²) < 4.78 is 6.50. The number of pyridine rings is 1. The molecule has 0 saturated carbocycles. The van der Waals surface area contributed by atoms with E-state index < -0.39 is 0 Å². The largest absolute Gasteiger partial charge is 0.459 e. The number of piperidine rings is 1. The van der Waals surface area contributed by atoms with E-state index in [9.17, 15) is 5.21 Å². The second-order valence-electron chi connectivity index (χ2n) is 9.06. The number of nitrogens with zero attached hydrogens (tertiary/aromatic N) is 4. The van der Waals surface area contributed by atoms with Crippen LogP contribution < -0.4 is 0 Å². The van der Waals surface area contributed by atoms with Crippen molar-refractivity contribution in [3.8, 4) is 22.5 Å². The van der Waals surface area contributed by atoms with E-state index in [1.165, 1.54) is 18.4 Å². The van der Waals surface area contributed by atoms with Gasteiger partial charge in [0.05, 0.1) is 12.3 Å². The smallest absolute Gasteiger partial charge is 0.142 e. The number of likely N-dealkylation sites (tertiary alicyclic amines) is 1. The van der Waals surface area contributed by atoms with Crippen LogP contribution in [0.25, 0.3) is 22.5 Å². The van der Waals surface area contributed by atoms with Gasteiger partial charge in [-0.3, -0.25) is 9.88 Å². The molecule has 1 fully saturated rings. The molecule has 1 aliphatic heterocycles. The summed E-state index contributed by atoms with van der Waals surface area (Å²) in [6.45, 7) is 3.09. The van der Waals surface area contributed by atoms with Crippen LogP contribution in [0, 0.1) is 0 Å². The number of oxime groups is 1. The van der Waals surface area contributed by atoms with Gasteiger partial charge in [-0.1, -0.05) is 17.3 Å². The molecule has 0 atom stereocenters. The van der Waals surface area contributed by atoms with Crippen molar-refractivity contribution in [3.05, 3.63) is 65.7 Å². The predicted octanol–water partition coefficient (Wildman–Crippen LogP) is 4.66. The van der Waals surface area contributed by atoms with E-state index in [-0.39, 0.29) is 0 Å². The van der Waals surface area contributed by atoms with E-state index in [0.29, 0.717) is 6.04 Å². The Morgan fingerprint density at radius 1 is 1.06 bits per heavy atom. The van der Waals surface area contributed by atoms with Crippen molar-refractivity contribution in [2.75, 3.05) is 27.2 Å². The number of aromatic nitrogens is 1. The zero-order chi connectivity index (χ0) is 22.1. The fourth-order valence-corrected chi connectivity index (χ4v) is 5.01. The Kier molecular flexibility index (Phi) is 5.81. The number of benzene rings is 1. The van der Waals surface area contributed by atoms with Crippen molar-refractivity contribution in [2.45, 2.75) is 38.3 Å². The Hall–Kier alpha value is -2.96. The molecule has 5 rings (SSSR count). The maximum absolute atomic E-state index is 9.26. The van der Waals surface area contributed by atoms with Crippen molar-refractivity contribution in [1.82, 2.24) is 14.8 Å². The SMILES string of the molecule is CN1CCC(N(C)Cc2cc(-c3ccncc3)c(-c3ccc4c(c3)CC/C4=N\O)o2)CC1. The minimum absolute atomic E-state index is 0.584. The highest BCUT2D eigenvalue weighted by Gasteiger charge is 2.24. The fourth-order valence-electron chi connectivity index (χ4n) is 5.01. The van der Waals surface area contributed by atoms with E-state index >= 15 is 0 Å². The first kappa shape index (κ1) is 20.9. The van der Waals surface area contributed by atoms with Gasteiger partial charge in [-0.15, -0.1) is 0 Å². The van der Waals surface area contributed by atoms with E-state index in [0.717, 1.165) is 72.0 Å². The quantitative estimate of drug-likeness (QED) is 0.471. The lowest BCUT2D eigenvalue weighted by Gasteiger charge is -2.34. The molecule has 2 aliphatic rings. The minimum atomic E-state index is 0.584. The zero-order valence-electron chi connectivity index (χ0n) is 18.8. The van der Waals surface area contributed by atoms with Crippen LogP contribution in [0.15, 0.2) is 58.4 Å². The van der Waals surface area contributed by atoms with Crippen molar-refractivity contribution in [1.29, 1.82) is 0 Å². The van der Waals surface area contributed by atoms with Gasteiger partial charge in [0.15, 0.2) is 0 Å². The molecule has 0 unspecified atom stereocenters. The minimum Gasteiger partial charge on any atom is -0.459 e. The van der Waals surface area contributed by atoms with Crippen LogP contribution in [-0.4, -0.2) is 58.9 Å². The van der Waals surface area contributed by atoms with Crippen LogP contribution in [0.4, 0.5) is 0 Å². The van der Waals surface area contributed by atoms with E-state index in [2.05, 4.69) is 58.3 Å². The third-order valence-electron chi connectivity index (χ3n) is 6.92. The Bertz CT molecular complexity index is 1110. The summed E-state index contributed by atoms with van der Waals surface area (Å²) in [7, 11) is 4.40. The maximum Gasteiger partial charge on any atom is 0.142 e. The molecule has 0 radical (unpaired) electrons. The first-order chi connectivity index (χ1) is 15.6. The molecule has 1 N–H and O–H groups in total. The lowest BCUT2D eigenvalue weighted by atomic mass is 9.99. The van der Waals surface area contributed by atoms with Gasteiger partial charge in [-0.05, 0) is 88.3 Å². The molecule has 32 heavy (non-hydrogen) atoms. The predicted molar refractivity (Wildman–Crippen MR) is 126 cm³/mol. The van der Waals surface area contributed by atoms with Gasteiger partial charge < -0.3 is 14.5 Å². The van der Waals surface area contributed by atoms with Crippen LogP contribution in [0.3, 0.4) is 0 Å². The molecule has 2 aromatic heterocycles. The lowest BCUT2D eigenvalue weighted by Crippen LogP contribution is -2.41. The molecular formula is C26H30N4O2. The van der Waals surface area contributed by atoms with Crippen LogP contribution in [-0.2, 0) is 13.0 Å². The molecule has 6 nitrogen and oxygen atoms in total. The highest BCUT2D eigenvalue weighted by molar-refractivity contribution is 6.04. The van der Waals surface area contributed by atoms with E-state index in [1.54, 1.807) is 0 Å². The number of rotatable bonds is 5. The van der Waals surface area contributed by atoms with Crippen LogP contribution in [0.2, 0.25) is 0 Å². The van der Waals surface area contributed by atoms with Crippen molar-refractivity contribution in [3.63, 3.8) is 0 Å². The van der Waals surface area contributed by atoms with Crippen molar-refractivity contribution in [2.24, 2.45) is 5.16 Å². The fraction of sp³-hybridized carbons (Fsp3) is 0.385. The first-order valence-corrected chi connectivity index (χ1v) is 11.4. The third-order valence-corrected chi connectivity index (χ3v) is 6.92. The second-order valence-corrected chi connectivity index (χ2v) is 9.06. The number of hydrogen-bond donors (Lipinski definition) is 1. The third kappa shape index (κ3) is 4.08. The Morgan fingerprint density at radius 2 is 1.84 bits per heavy atom. The van der Waals surface area contributed by atoms with Crippen molar-refractivity contribution >= 4 is 5.71 Å². The average molecular weight is 431 g/mol. The monoisotopic (exact) mass is 430 g/mol. The van der Waals surface area contributed by atoms with E-state index in [1.807, 2.05) is 24.5 Å². The van der Waals surface area contributed by atoms with Gasteiger partial charge in [0.1, 0.15) is 11.5 Å². The second kappa shape index (κ2) is 8.88. The summed E-state index contributed by atoms with van der Waals surface area (Å²) in [4.78, 5) is 9.01. The van der Waals surface area contributed by atoms with Crippen LogP contribution in [0.1, 0.15) is 36.1 Å². The van der Waals surface area contributed by atoms with Crippen LogP contribution >= 0.6 is 0 Å². The summed E-state index contributed by atoms with van der Waals surface area (Å²) in [5.74, 6) is 1.87. The molecule has 0 amide bonds. The molecule has 0 spiro atoms. The number of hydrogen-bond acceptors (Lipinski definition) is 6. The van der Waals surface area contributed by atoms with Gasteiger partial charge in [-0.25, -0.2) is 0 Å². The Balaban J connectivity index is 1.47. The molecule has 1 aromatic carbocycles. The molecule has 6 heteroatoms. The van der Waals surface area contributed by atoms with Gasteiger partial charge in [0.2, 0.25) is 0 Å². The van der Waals surface area contributed by atoms with Gasteiger partial charge in [-0.2, -0.15) is 0 Å². The summed E-state index contributed by atoms with van der Waals surface area (Å²) in [5, 5.41) is 12.7. The van der Waals surface area contributed by atoms with Gasteiger partial charge in [0, 0.05) is 35.1 Å². The molecule has 166 valence electrons. The number of furan rings is 1. The highest BCUT2D eigenvalue weighted by atomic mass is 16.4.